The van der Waals surface area contributed by atoms with Crippen LogP contribution < -0.4 is 10.0 Å². The van der Waals surface area contributed by atoms with Crippen LogP contribution in [0, 0.1) is 13.8 Å². The standard InChI is InChI=1S/C12H18N2O3S/c1-9-4-5-11(8-10(9)2)12(15)14-6-7-18(16,17)13-3/h4-5,8,13H,6-7H2,1-3H3,(H,14,15). The van der Waals surface area contributed by atoms with Gasteiger partial charge in [0.05, 0.1) is 5.75 Å². The number of carbonyl (C=O) groups is 1. The number of hydrogen-bond acceptors (Lipinski definition) is 3. The summed E-state index contributed by atoms with van der Waals surface area (Å²) in [5, 5.41) is 2.58. The predicted octanol–water partition coefficient (Wildman–Crippen LogP) is 0.582. The Labute approximate surface area is 108 Å². The van der Waals surface area contributed by atoms with Crippen molar-refractivity contribution >= 4 is 15.9 Å². The minimum atomic E-state index is -3.28. The number of rotatable bonds is 5. The molecule has 1 aromatic rings. The van der Waals surface area contributed by atoms with Gasteiger partial charge in [-0.1, -0.05) is 6.07 Å². The lowest BCUT2D eigenvalue weighted by Crippen LogP contribution is -2.32. The first-order chi connectivity index (χ1) is 8.35. The summed E-state index contributed by atoms with van der Waals surface area (Å²) in [6, 6.07) is 5.38. The molecule has 5 nitrogen and oxygen atoms in total. The number of sulfonamides is 1. The number of nitrogens with one attached hydrogen (secondary N) is 2. The van der Waals surface area contributed by atoms with Gasteiger partial charge in [-0.05, 0) is 44.2 Å². The molecule has 18 heavy (non-hydrogen) atoms. The maximum absolute atomic E-state index is 11.8. The zero-order valence-corrected chi connectivity index (χ0v) is 11.6. The van der Waals surface area contributed by atoms with Crippen LogP contribution in [0.2, 0.25) is 0 Å². The van der Waals surface area contributed by atoms with Gasteiger partial charge in [0.15, 0.2) is 0 Å². The van der Waals surface area contributed by atoms with Gasteiger partial charge >= 0.3 is 0 Å². The lowest BCUT2D eigenvalue weighted by Gasteiger charge is -2.07. The molecule has 0 aromatic heterocycles. The van der Waals surface area contributed by atoms with Crippen molar-refractivity contribution in [1.82, 2.24) is 10.0 Å². The fourth-order valence-corrected chi connectivity index (χ4v) is 1.96. The highest BCUT2D eigenvalue weighted by molar-refractivity contribution is 7.89. The number of aryl methyl sites for hydroxylation is 2. The van der Waals surface area contributed by atoms with Gasteiger partial charge in [-0.25, -0.2) is 13.1 Å². The predicted molar refractivity (Wildman–Crippen MR) is 71.1 cm³/mol. The summed E-state index contributed by atoms with van der Waals surface area (Å²) in [5.74, 6) is -0.385. The molecule has 0 aliphatic heterocycles. The van der Waals surface area contributed by atoms with Crippen molar-refractivity contribution in [2.24, 2.45) is 0 Å². The molecule has 0 heterocycles. The molecule has 1 amide bonds. The molecular weight excluding hydrogens is 252 g/mol. The highest BCUT2D eigenvalue weighted by Crippen LogP contribution is 2.09. The molecular formula is C12H18N2O3S. The molecule has 0 aliphatic carbocycles. The van der Waals surface area contributed by atoms with Gasteiger partial charge in [-0.15, -0.1) is 0 Å². The largest absolute Gasteiger partial charge is 0.351 e. The van der Waals surface area contributed by atoms with E-state index in [1.54, 1.807) is 12.1 Å². The minimum absolute atomic E-state index is 0.0922. The summed E-state index contributed by atoms with van der Waals surface area (Å²) >= 11 is 0. The normalized spacial score (nSPS) is 11.3. The van der Waals surface area contributed by atoms with E-state index >= 15 is 0 Å². The Hall–Kier alpha value is -1.40. The molecule has 2 N–H and O–H groups in total. The van der Waals surface area contributed by atoms with Gasteiger partial charge in [0.25, 0.3) is 5.91 Å². The van der Waals surface area contributed by atoms with Gasteiger partial charge in [-0.2, -0.15) is 0 Å². The van der Waals surface area contributed by atoms with Crippen LogP contribution in [0.3, 0.4) is 0 Å². The van der Waals surface area contributed by atoms with E-state index in [0.29, 0.717) is 5.56 Å². The Morgan fingerprint density at radius 3 is 2.44 bits per heavy atom. The van der Waals surface area contributed by atoms with Gasteiger partial charge < -0.3 is 5.32 Å². The molecule has 100 valence electrons. The van der Waals surface area contributed by atoms with E-state index in [0.717, 1.165) is 11.1 Å². The van der Waals surface area contributed by atoms with Crippen LogP contribution in [0.5, 0.6) is 0 Å². The van der Waals surface area contributed by atoms with Crippen molar-refractivity contribution in [2.75, 3.05) is 19.3 Å². The number of amides is 1. The molecule has 0 saturated carbocycles. The maximum Gasteiger partial charge on any atom is 0.251 e. The van der Waals surface area contributed by atoms with Crippen LogP contribution >= 0.6 is 0 Å². The van der Waals surface area contributed by atoms with Gasteiger partial charge in [0.2, 0.25) is 10.0 Å². The van der Waals surface area contributed by atoms with E-state index in [9.17, 15) is 13.2 Å². The Morgan fingerprint density at radius 1 is 1.22 bits per heavy atom. The number of hydrogen-bond donors (Lipinski definition) is 2. The van der Waals surface area contributed by atoms with Crippen LogP contribution in [-0.2, 0) is 10.0 Å². The second kappa shape index (κ2) is 5.97. The summed E-state index contributed by atoms with van der Waals surface area (Å²) in [5.41, 5.74) is 2.69. The van der Waals surface area contributed by atoms with Crippen molar-refractivity contribution < 1.29 is 13.2 Å². The zero-order valence-electron chi connectivity index (χ0n) is 10.8. The molecule has 0 unspecified atom stereocenters. The van der Waals surface area contributed by atoms with Crippen molar-refractivity contribution in [1.29, 1.82) is 0 Å². The molecule has 0 saturated heterocycles. The SMILES string of the molecule is CNS(=O)(=O)CCNC(=O)c1ccc(C)c(C)c1. The third-order valence-corrected chi connectivity index (χ3v) is 4.10. The van der Waals surface area contributed by atoms with Crippen LogP contribution in [-0.4, -0.2) is 33.7 Å². The lowest BCUT2D eigenvalue weighted by molar-refractivity contribution is 0.0956. The second-order valence-corrected chi connectivity index (χ2v) is 6.12. The molecule has 1 rings (SSSR count). The molecule has 6 heteroatoms. The first-order valence-electron chi connectivity index (χ1n) is 5.62. The number of carbonyl (C=O) groups excluding carboxylic acids is 1. The smallest absolute Gasteiger partial charge is 0.251 e. The summed E-state index contributed by atoms with van der Waals surface area (Å²) in [6.45, 7) is 3.99. The van der Waals surface area contributed by atoms with Crippen molar-refractivity contribution in [2.45, 2.75) is 13.8 Å². The zero-order chi connectivity index (χ0) is 13.8. The van der Waals surface area contributed by atoms with E-state index in [4.69, 9.17) is 0 Å². The third kappa shape index (κ3) is 4.12. The first kappa shape index (κ1) is 14.7. The van der Waals surface area contributed by atoms with E-state index < -0.39 is 10.0 Å². The average molecular weight is 270 g/mol. The summed E-state index contributed by atoms with van der Waals surface area (Å²) in [7, 11) is -1.93. The Bertz CT molecular complexity index is 538. The Kier molecular flexibility index (Phi) is 4.86. The second-order valence-electron chi connectivity index (χ2n) is 4.08. The van der Waals surface area contributed by atoms with Gasteiger partial charge in [0, 0.05) is 12.1 Å². The molecule has 1 aromatic carbocycles. The van der Waals surface area contributed by atoms with Crippen LogP contribution in [0.15, 0.2) is 18.2 Å². The summed E-state index contributed by atoms with van der Waals surface area (Å²) in [4.78, 5) is 11.8. The van der Waals surface area contributed by atoms with Gasteiger partial charge in [0.1, 0.15) is 0 Å². The quantitative estimate of drug-likeness (QED) is 0.822. The summed E-state index contributed by atoms with van der Waals surface area (Å²) < 4.78 is 24.5. The average Bonchev–Trinajstić information content (AvgIpc) is 2.32. The fourth-order valence-electron chi connectivity index (χ4n) is 1.39. The van der Waals surface area contributed by atoms with Crippen LogP contribution in [0.1, 0.15) is 21.5 Å². The lowest BCUT2D eigenvalue weighted by atomic mass is 10.1. The van der Waals surface area contributed by atoms with Crippen molar-refractivity contribution in [3.63, 3.8) is 0 Å². The molecule has 0 aliphatic rings. The van der Waals surface area contributed by atoms with Gasteiger partial charge in [-0.3, -0.25) is 4.79 Å². The Morgan fingerprint density at radius 2 is 1.89 bits per heavy atom. The highest BCUT2D eigenvalue weighted by Gasteiger charge is 2.09. The first-order valence-corrected chi connectivity index (χ1v) is 7.27. The Balaban J connectivity index is 2.58. The highest BCUT2D eigenvalue weighted by atomic mass is 32.2. The molecule has 0 fully saturated rings. The third-order valence-electron chi connectivity index (χ3n) is 2.74. The van der Waals surface area contributed by atoms with E-state index in [1.807, 2.05) is 19.9 Å². The van der Waals surface area contributed by atoms with Crippen LogP contribution in [0.4, 0.5) is 0 Å². The number of benzene rings is 1. The summed E-state index contributed by atoms with van der Waals surface area (Å²) in [6.07, 6.45) is 0. The van der Waals surface area contributed by atoms with E-state index in [1.165, 1.54) is 7.05 Å². The topological polar surface area (TPSA) is 75.3 Å². The van der Waals surface area contributed by atoms with Crippen LogP contribution in [0.25, 0.3) is 0 Å². The van der Waals surface area contributed by atoms with E-state index in [2.05, 4.69) is 10.0 Å². The van der Waals surface area contributed by atoms with E-state index in [-0.39, 0.29) is 18.2 Å². The molecule has 0 radical (unpaired) electrons. The molecule has 0 atom stereocenters. The minimum Gasteiger partial charge on any atom is -0.351 e. The van der Waals surface area contributed by atoms with Crippen molar-refractivity contribution in [3.8, 4) is 0 Å². The monoisotopic (exact) mass is 270 g/mol. The van der Waals surface area contributed by atoms with Crippen molar-refractivity contribution in [3.05, 3.63) is 34.9 Å². The molecule has 0 spiro atoms. The molecule has 0 bridgehead atoms. The maximum atomic E-state index is 11.8. The fraction of sp³-hybridized carbons (Fsp3) is 0.417.